The van der Waals surface area contributed by atoms with Gasteiger partial charge in [-0.25, -0.2) is 0 Å². The molecule has 1 aliphatic heterocycles. The fourth-order valence-corrected chi connectivity index (χ4v) is 3.72. The van der Waals surface area contributed by atoms with Gasteiger partial charge in [0.15, 0.2) is 6.10 Å². The predicted molar refractivity (Wildman–Crippen MR) is 118 cm³/mol. The monoisotopic (exact) mass is 412 g/mol. The van der Waals surface area contributed by atoms with Gasteiger partial charge in [0.2, 0.25) is 5.91 Å². The van der Waals surface area contributed by atoms with Crippen molar-refractivity contribution >= 4 is 23.2 Å². The van der Waals surface area contributed by atoms with Gasteiger partial charge in [0.25, 0.3) is 0 Å². The Morgan fingerprint density at radius 2 is 1.97 bits per heavy atom. The normalized spacial score (nSPS) is 16.3. The van der Waals surface area contributed by atoms with Gasteiger partial charge in [-0.15, -0.1) is 0 Å². The van der Waals surface area contributed by atoms with Crippen molar-refractivity contribution in [1.82, 2.24) is 4.90 Å². The van der Waals surface area contributed by atoms with Crippen LogP contribution in [-0.4, -0.2) is 29.2 Å². The van der Waals surface area contributed by atoms with Crippen LogP contribution in [0.2, 0.25) is 5.02 Å². The summed E-state index contributed by atoms with van der Waals surface area (Å²) in [5.41, 5.74) is 4.16. The molecule has 0 aliphatic carbocycles. The molecule has 1 unspecified atom stereocenters. The number of nitrogens with zero attached hydrogens (tertiary/aromatic N) is 2. The lowest BCUT2D eigenvalue weighted by molar-refractivity contribution is -0.135. The molecule has 0 saturated carbocycles. The first kappa shape index (κ1) is 21.4. The minimum absolute atomic E-state index is 0.0803. The van der Waals surface area contributed by atoms with E-state index in [-0.39, 0.29) is 17.4 Å². The van der Waals surface area contributed by atoms with Gasteiger partial charge in [-0.1, -0.05) is 73.9 Å². The van der Waals surface area contributed by atoms with Crippen molar-refractivity contribution in [2.45, 2.75) is 53.2 Å². The maximum Gasteiger partial charge on any atom is 0.223 e. The summed E-state index contributed by atoms with van der Waals surface area (Å²) in [6.45, 7) is 9.31. The molecule has 1 atom stereocenters. The molecule has 29 heavy (non-hydrogen) atoms. The SMILES string of the molecule is Cc1ccccc1C1=NOC(CN(Cc2cccc(Cl)c2)C(=O)CC(C)(C)C)C1. The second-order valence-corrected chi connectivity index (χ2v) is 9.36. The first-order valence-electron chi connectivity index (χ1n) is 10.0. The van der Waals surface area contributed by atoms with E-state index in [2.05, 4.69) is 45.0 Å². The molecule has 3 rings (SSSR count). The van der Waals surface area contributed by atoms with E-state index >= 15 is 0 Å². The molecule has 154 valence electrons. The Balaban J connectivity index is 1.71. The summed E-state index contributed by atoms with van der Waals surface area (Å²) < 4.78 is 0. The van der Waals surface area contributed by atoms with Crippen LogP contribution in [0.5, 0.6) is 0 Å². The average Bonchev–Trinajstić information content (AvgIpc) is 3.08. The van der Waals surface area contributed by atoms with Gasteiger partial charge in [0.1, 0.15) is 0 Å². The molecule has 0 bridgehead atoms. The van der Waals surface area contributed by atoms with Crippen molar-refractivity contribution in [2.24, 2.45) is 10.6 Å². The quantitative estimate of drug-likeness (QED) is 0.619. The molecule has 0 saturated heterocycles. The lowest BCUT2D eigenvalue weighted by Crippen LogP contribution is -2.38. The number of hydrogen-bond acceptors (Lipinski definition) is 3. The van der Waals surface area contributed by atoms with E-state index in [1.54, 1.807) is 0 Å². The van der Waals surface area contributed by atoms with Crippen LogP contribution >= 0.6 is 11.6 Å². The van der Waals surface area contributed by atoms with Gasteiger partial charge in [-0.3, -0.25) is 4.79 Å². The van der Waals surface area contributed by atoms with Crippen LogP contribution in [0.15, 0.2) is 53.7 Å². The van der Waals surface area contributed by atoms with Crippen LogP contribution in [0.1, 0.15) is 50.3 Å². The number of carbonyl (C=O) groups excluding carboxylic acids is 1. The number of oxime groups is 1. The van der Waals surface area contributed by atoms with Crippen molar-refractivity contribution in [3.8, 4) is 0 Å². The summed E-state index contributed by atoms with van der Waals surface area (Å²) in [4.78, 5) is 20.6. The van der Waals surface area contributed by atoms with Gasteiger partial charge in [-0.2, -0.15) is 0 Å². The lowest BCUT2D eigenvalue weighted by atomic mass is 9.91. The molecule has 5 heteroatoms. The number of rotatable bonds is 6. The highest BCUT2D eigenvalue weighted by molar-refractivity contribution is 6.30. The largest absolute Gasteiger partial charge is 0.390 e. The van der Waals surface area contributed by atoms with Gasteiger partial charge >= 0.3 is 0 Å². The number of halogens is 1. The number of benzene rings is 2. The Labute approximate surface area is 178 Å². The van der Waals surface area contributed by atoms with Crippen molar-refractivity contribution in [3.05, 3.63) is 70.2 Å². The summed E-state index contributed by atoms with van der Waals surface area (Å²) in [5.74, 6) is 0.116. The van der Waals surface area contributed by atoms with Gasteiger partial charge in [-0.05, 0) is 35.6 Å². The average molecular weight is 413 g/mol. The highest BCUT2D eigenvalue weighted by Crippen LogP contribution is 2.24. The fraction of sp³-hybridized carbons (Fsp3) is 0.417. The summed E-state index contributed by atoms with van der Waals surface area (Å²) in [7, 11) is 0. The first-order valence-corrected chi connectivity index (χ1v) is 10.4. The summed E-state index contributed by atoms with van der Waals surface area (Å²) in [6, 6.07) is 15.8. The standard InChI is InChI=1S/C24H29ClN2O2/c1-17-8-5-6-11-21(17)22-13-20(29-26-22)16-27(23(28)14-24(2,3)4)15-18-9-7-10-19(25)12-18/h5-12,20H,13-16H2,1-4H3. The van der Waals surface area contributed by atoms with E-state index in [9.17, 15) is 4.79 Å². The minimum Gasteiger partial charge on any atom is -0.390 e. The lowest BCUT2D eigenvalue weighted by Gasteiger charge is -2.28. The van der Waals surface area contributed by atoms with Crippen molar-refractivity contribution in [1.29, 1.82) is 0 Å². The molecule has 4 nitrogen and oxygen atoms in total. The van der Waals surface area contributed by atoms with Crippen LogP contribution < -0.4 is 0 Å². The fourth-order valence-electron chi connectivity index (χ4n) is 3.50. The number of aryl methyl sites for hydroxylation is 1. The molecule has 2 aromatic carbocycles. The van der Waals surface area contributed by atoms with Crippen LogP contribution in [0.4, 0.5) is 0 Å². The van der Waals surface area contributed by atoms with Crippen molar-refractivity contribution < 1.29 is 9.63 Å². The third-order valence-electron chi connectivity index (χ3n) is 4.91. The maximum atomic E-state index is 13.0. The van der Waals surface area contributed by atoms with Gasteiger partial charge in [0.05, 0.1) is 12.3 Å². The zero-order chi connectivity index (χ0) is 21.0. The van der Waals surface area contributed by atoms with E-state index in [4.69, 9.17) is 16.4 Å². The van der Waals surface area contributed by atoms with Crippen LogP contribution in [-0.2, 0) is 16.2 Å². The highest BCUT2D eigenvalue weighted by atomic mass is 35.5. The van der Waals surface area contributed by atoms with Crippen LogP contribution in [0.25, 0.3) is 0 Å². The maximum absolute atomic E-state index is 13.0. The molecular formula is C24H29ClN2O2. The van der Waals surface area contributed by atoms with Crippen molar-refractivity contribution in [2.75, 3.05) is 6.54 Å². The second-order valence-electron chi connectivity index (χ2n) is 8.93. The Morgan fingerprint density at radius 3 is 2.66 bits per heavy atom. The van der Waals surface area contributed by atoms with E-state index in [1.165, 1.54) is 5.56 Å². The first-order chi connectivity index (χ1) is 13.7. The smallest absolute Gasteiger partial charge is 0.223 e. The molecule has 1 amide bonds. The predicted octanol–water partition coefficient (Wildman–Crippen LogP) is 5.61. The topological polar surface area (TPSA) is 41.9 Å². The van der Waals surface area contributed by atoms with E-state index in [0.29, 0.717) is 31.0 Å². The number of hydrogen-bond donors (Lipinski definition) is 0. The third-order valence-corrected chi connectivity index (χ3v) is 5.14. The molecule has 0 aromatic heterocycles. The molecule has 1 aliphatic rings. The van der Waals surface area contributed by atoms with E-state index < -0.39 is 0 Å². The zero-order valence-electron chi connectivity index (χ0n) is 17.6. The second kappa shape index (κ2) is 9.00. The van der Waals surface area contributed by atoms with Crippen LogP contribution in [0, 0.1) is 12.3 Å². The molecule has 2 aromatic rings. The van der Waals surface area contributed by atoms with Gasteiger partial charge < -0.3 is 9.74 Å². The number of carbonyl (C=O) groups is 1. The molecule has 0 radical (unpaired) electrons. The van der Waals surface area contributed by atoms with Crippen LogP contribution in [0.3, 0.4) is 0 Å². The van der Waals surface area contributed by atoms with E-state index in [0.717, 1.165) is 16.8 Å². The Kier molecular flexibility index (Phi) is 6.63. The zero-order valence-corrected chi connectivity index (χ0v) is 18.4. The number of amides is 1. The minimum atomic E-state index is -0.146. The molecular weight excluding hydrogens is 384 g/mol. The highest BCUT2D eigenvalue weighted by Gasteiger charge is 2.29. The van der Waals surface area contributed by atoms with Crippen molar-refractivity contribution in [3.63, 3.8) is 0 Å². The summed E-state index contributed by atoms with van der Waals surface area (Å²) >= 11 is 6.14. The third kappa shape index (κ3) is 6.07. The Hall–Kier alpha value is -2.33. The Bertz CT molecular complexity index is 902. The summed E-state index contributed by atoms with van der Waals surface area (Å²) in [6.07, 6.45) is 1.03. The molecule has 0 fully saturated rings. The Morgan fingerprint density at radius 1 is 1.21 bits per heavy atom. The molecule has 1 heterocycles. The van der Waals surface area contributed by atoms with E-state index in [1.807, 2.05) is 41.3 Å². The molecule has 0 spiro atoms. The summed E-state index contributed by atoms with van der Waals surface area (Å²) in [5, 5.41) is 4.99. The molecule has 0 N–H and O–H groups in total. The van der Waals surface area contributed by atoms with Gasteiger partial charge in [0, 0.05) is 30.0 Å².